The molecular formula is C27H42O3. The summed E-state index contributed by atoms with van der Waals surface area (Å²) in [5.41, 5.74) is 4.64. The fourth-order valence-corrected chi connectivity index (χ4v) is 6.76. The van der Waals surface area contributed by atoms with Crippen LogP contribution in [0.25, 0.3) is 0 Å². The molecule has 3 N–H and O–H groups in total. The third-order valence-electron chi connectivity index (χ3n) is 8.22. The fourth-order valence-electron chi connectivity index (χ4n) is 6.76. The number of aliphatic hydroxyl groups excluding tert-OH is 3. The van der Waals surface area contributed by atoms with E-state index < -0.39 is 12.2 Å². The van der Waals surface area contributed by atoms with Gasteiger partial charge in [0.2, 0.25) is 0 Å². The van der Waals surface area contributed by atoms with Gasteiger partial charge in [-0.2, -0.15) is 0 Å². The minimum absolute atomic E-state index is 0.279. The SMILES string of the molecule is C=C(C)C[C@@H](O)C[C@@H](C)[C@H]1CC[C@H]2C(=CC=C3C[C@H](O)C[C@@H](O)C3=C)CCC[C@]12C. The van der Waals surface area contributed by atoms with Gasteiger partial charge in [0.1, 0.15) is 0 Å². The van der Waals surface area contributed by atoms with E-state index in [2.05, 4.69) is 39.2 Å². The van der Waals surface area contributed by atoms with Crippen molar-refractivity contribution >= 4 is 0 Å². The Hall–Kier alpha value is -1.16. The third kappa shape index (κ3) is 5.00. The van der Waals surface area contributed by atoms with Gasteiger partial charge in [-0.3, -0.25) is 0 Å². The number of aliphatic hydroxyl groups is 3. The van der Waals surface area contributed by atoms with Crippen LogP contribution in [0.4, 0.5) is 0 Å². The van der Waals surface area contributed by atoms with Crippen LogP contribution in [0.5, 0.6) is 0 Å². The van der Waals surface area contributed by atoms with E-state index >= 15 is 0 Å². The molecule has 0 amide bonds. The van der Waals surface area contributed by atoms with Crippen LogP contribution in [0.1, 0.15) is 78.6 Å². The Morgan fingerprint density at radius 2 is 2.00 bits per heavy atom. The van der Waals surface area contributed by atoms with Crippen LogP contribution in [-0.4, -0.2) is 33.6 Å². The summed E-state index contributed by atoms with van der Waals surface area (Å²) in [4.78, 5) is 0. The zero-order valence-corrected chi connectivity index (χ0v) is 19.2. The van der Waals surface area contributed by atoms with E-state index in [9.17, 15) is 15.3 Å². The first-order chi connectivity index (χ1) is 14.1. The predicted octanol–water partition coefficient (Wildman–Crippen LogP) is 5.48. The lowest BCUT2D eigenvalue weighted by Crippen LogP contribution is -2.36. The highest BCUT2D eigenvalue weighted by molar-refractivity contribution is 5.38. The molecule has 0 saturated heterocycles. The zero-order valence-electron chi connectivity index (χ0n) is 19.2. The lowest BCUT2D eigenvalue weighted by Gasteiger charge is -2.44. The van der Waals surface area contributed by atoms with Crippen LogP contribution in [0.2, 0.25) is 0 Å². The van der Waals surface area contributed by atoms with E-state index in [0.29, 0.717) is 42.4 Å². The summed E-state index contributed by atoms with van der Waals surface area (Å²) >= 11 is 0. The van der Waals surface area contributed by atoms with Crippen molar-refractivity contribution in [1.29, 1.82) is 0 Å². The third-order valence-corrected chi connectivity index (χ3v) is 8.22. The van der Waals surface area contributed by atoms with E-state index in [0.717, 1.165) is 29.6 Å². The van der Waals surface area contributed by atoms with Crippen LogP contribution in [-0.2, 0) is 0 Å². The second-order valence-electron chi connectivity index (χ2n) is 10.7. The first-order valence-corrected chi connectivity index (χ1v) is 11.9. The number of rotatable bonds is 6. The maximum absolute atomic E-state index is 10.4. The number of hydrogen-bond donors (Lipinski definition) is 3. The molecule has 0 aromatic carbocycles. The van der Waals surface area contributed by atoms with Crippen LogP contribution in [0, 0.1) is 23.2 Å². The molecule has 3 aliphatic carbocycles. The van der Waals surface area contributed by atoms with E-state index in [1.807, 2.05) is 6.92 Å². The van der Waals surface area contributed by atoms with Crippen molar-refractivity contribution in [2.45, 2.75) is 96.9 Å². The standard InChI is InChI=1S/C27H42O3/c1-17(2)13-22(28)14-18(3)24-10-11-25-20(7-6-12-27(24,25)5)8-9-21-15-23(29)16-26(30)19(21)4/h8-9,18,22-26,28-30H,1,4,6-7,10-16H2,2-3,5H3/t18-,22-,23+,24-,25+,26-,27-/m1/s1. The average molecular weight is 415 g/mol. The second kappa shape index (κ2) is 9.54. The number of hydrogen-bond acceptors (Lipinski definition) is 3. The molecule has 0 bridgehead atoms. The maximum Gasteiger partial charge on any atom is 0.0811 e. The van der Waals surface area contributed by atoms with Gasteiger partial charge in [0, 0.05) is 6.42 Å². The topological polar surface area (TPSA) is 60.7 Å². The highest BCUT2D eigenvalue weighted by atomic mass is 16.3. The Morgan fingerprint density at radius 1 is 1.27 bits per heavy atom. The molecule has 7 atom stereocenters. The van der Waals surface area contributed by atoms with Gasteiger partial charge in [0.25, 0.3) is 0 Å². The molecule has 3 saturated carbocycles. The maximum atomic E-state index is 10.4. The van der Waals surface area contributed by atoms with Gasteiger partial charge in [-0.1, -0.05) is 43.7 Å². The van der Waals surface area contributed by atoms with Gasteiger partial charge in [-0.15, -0.1) is 6.58 Å². The molecule has 0 radical (unpaired) electrons. The summed E-state index contributed by atoms with van der Waals surface area (Å²) in [6, 6.07) is 0. The number of fused-ring (bicyclic) bond motifs is 1. The molecule has 168 valence electrons. The minimum atomic E-state index is -0.627. The Bertz CT molecular complexity index is 718. The Labute approximate surface area is 183 Å². The van der Waals surface area contributed by atoms with Crippen molar-refractivity contribution in [2.24, 2.45) is 23.2 Å². The van der Waals surface area contributed by atoms with Gasteiger partial charge >= 0.3 is 0 Å². The molecule has 3 heteroatoms. The van der Waals surface area contributed by atoms with Crippen LogP contribution < -0.4 is 0 Å². The smallest absolute Gasteiger partial charge is 0.0811 e. The Kier molecular flexibility index (Phi) is 7.48. The molecule has 3 rings (SSSR count). The van der Waals surface area contributed by atoms with Gasteiger partial charge < -0.3 is 15.3 Å². The van der Waals surface area contributed by atoms with Crippen molar-refractivity contribution in [3.63, 3.8) is 0 Å². The Balaban J connectivity index is 1.74. The zero-order chi connectivity index (χ0) is 22.1. The van der Waals surface area contributed by atoms with Crippen molar-refractivity contribution in [3.8, 4) is 0 Å². The molecule has 3 aliphatic rings. The first kappa shape index (κ1) is 23.5. The summed E-state index contributed by atoms with van der Waals surface area (Å²) in [7, 11) is 0. The van der Waals surface area contributed by atoms with E-state index in [-0.39, 0.29) is 6.10 Å². The van der Waals surface area contributed by atoms with Crippen LogP contribution in [0.15, 0.2) is 47.6 Å². The van der Waals surface area contributed by atoms with Crippen LogP contribution >= 0.6 is 0 Å². The molecule has 0 unspecified atom stereocenters. The second-order valence-corrected chi connectivity index (χ2v) is 10.7. The van der Waals surface area contributed by atoms with Gasteiger partial charge in [-0.05, 0) is 92.6 Å². The van der Waals surface area contributed by atoms with Gasteiger partial charge in [0.05, 0.1) is 18.3 Å². The molecule has 30 heavy (non-hydrogen) atoms. The van der Waals surface area contributed by atoms with Crippen molar-refractivity contribution in [3.05, 3.63) is 47.6 Å². The summed E-state index contributed by atoms with van der Waals surface area (Å²) in [6.07, 6.45) is 11.6. The molecule has 3 fully saturated rings. The molecule has 0 aromatic heterocycles. The normalized spacial score (nSPS) is 39.2. The Morgan fingerprint density at radius 3 is 2.70 bits per heavy atom. The van der Waals surface area contributed by atoms with E-state index in [1.54, 1.807) is 0 Å². The highest BCUT2D eigenvalue weighted by Crippen LogP contribution is 2.60. The molecular weight excluding hydrogens is 372 g/mol. The highest BCUT2D eigenvalue weighted by Gasteiger charge is 2.50. The molecule has 0 aromatic rings. The van der Waals surface area contributed by atoms with E-state index in [4.69, 9.17) is 0 Å². The molecule has 3 nitrogen and oxygen atoms in total. The molecule has 0 spiro atoms. The first-order valence-electron chi connectivity index (χ1n) is 11.9. The lowest BCUT2D eigenvalue weighted by molar-refractivity contribution is 0.0641. The van der Waals surface area contributed by atoms with Gasteiger partial charge in [-0.25, -0.2) is 0 Å². The predicted molar refractivity (Wildman–Crippen MR) is 124 cm³/mol. The monoisotopic (exact) mass is 414 g/mol. The minimum Gasteiger partial charge on any atom is -0.393 e. The quantitative estimate of drug-likeness (QED) is 0.504. The van der Waals surface area contributed by atoms with Crippen LogP contribution in [0.3, 0.4) is 0 Å². The summed E-state index contributed by atoms with van der Waals surface area (Å²) in [5.74, 6) is 1.75. The van der Waals surface area contributed by atoms with Gasteiger partial charge in [0.15, 0.2) is 0 Å². The largest absolute Gasteiger partial charge is 0.393 e. The van der Waals surface area contributed by atoms with Crippen molar-refractivity contribution in [2.75, 3.05) is 0 Å². The van der Waals surface area contributed by atoms with Crippen molar-refractivity contribution in [1.82, 2.24) is 0 Å². The summed E-state index contributed by atoms with van der Waals surface area (Å²) in [5, 5.41) is 30.6. The number of allylic oxidation sites excluding steroid dienone is 3. The fraction of sp³-hybridized carbons (Fsp3) is 0.704. The summed E-state index contributed by atoms with van der Waals surface area (Å²) in [6.45, 7) is 14.8. The summed E-state index contributed by atoms with van der Waals surface area (Å²) < 4.78 is 0. The lowest BCUT2D eigenvalue weighted by atomic mass is 9.60. The molecule has 0 aliphatic heterocycles. The van der Waals surface area contributed by atoms with Crippen molar-refractivity contribution < 1.29 is 15.3 Å². The van der Waals surface area contributed by atoms with E-state index in [1.165, 1.54) is 31.3 Å². The average Bonchev–Trinajstić information content (AvgIpc) is 3.00. The molecule has 0 heterocycles.